The minimum absolute atomic E-state index is 0.267. The highest BCUT2D eigenvalue weighted by Gasteiger charge is 2.40. The number of rotatable bonds is 3. The van der Waals surface area contributed by atoms with Crippen molar-refractivity contribution in [3.63, 3.8) is 0 Å². The van der Waals surface area contributed by atoms with Crippen molar-refractivity contribution in [2.75, 3.05) is 18.5 Å². The zero-order valence-electron chi connectivity index (χ0n) is 13.1. The summed E-state index contributed by atoms with van der Waals surface area (Å²) in [7, 11) is 0. The third kappa shape index (κ3) is 3.43. The fourth-order valence-electron chi connectivity index (χ4n) is 2.80. The lowest BCUT2D eigenvalue weighted by atomic mass is 9.81. The van der Waals surface area contributed by atoms with Crippen molar-refractivity contribution >= 4 is 23.2 Å². The van der Waals surface area contributed by atoms with E-state index in [0.29, 0.717) is 36.8 Å². The minimum Gasteiger partial charge on any atom is -0.381 e. The van der Waals surface area contributed by atoms with E-state index < -0.39 is 5.41 Å². The van der Waals surface area contributed by atoms with Gasteiger partial charge in [0.15, 0.2) is 0 Å². The summed E-state index contributed by atoms with van der Waals surface area (Å²) in [4.78, 5) is 12.6. The van der Waals surface area contributed by atoms with Crippen LogP contribution in [0.3, 0.4) is 0 Å². The van der Waals surface area contributed by atoms with E-state index in [0.717, 1.165) is 11.1 Å². The van der Waals surface area contributed by atoms with Crippen molar-refractivity contribution < 1.29 is 9.53 Å². The molecule has 2 aromatic carbocycles. The molecule has 0 saturated carbocycles. The minimum atomic E-state index is -1.01. The number of benzene rings is 2. The number of carbonyl (C=O) groups is 1. The molecular formula is C19H17ClN2O2. The summed E-state index contributed by atoms with van der Waals surface area (Å²) >= 11 is 6.04. The maximum Gasteiger partial charge on any atom is 0.245 e. The molecule has 122 valence electrons. The molecule has 0 radical (unpaired) electrons. The monoisotopic (exact) mass is 340 g/mol. The second-order valence-electron chi connectivity index (χ2n) is 5.85. The highest BCUT2D eigenvalue weighted by atomic mass is 35.5. The molecule has 0 spiro atoms. The van der Waals surface area contributed by atoms with Crippen LogP contribution in [0.15, 0.2) is 48.5 Å². The molecule has 1 N–H and O–H groups in total. The summed E-state index contributed by atoms with van der Waals surface area (Å²) in [5.74, 6) is -0.267. The fourth-order valence-corrected chi connectivity index (χ4v) is 3.00. The molecule has 5 heteroatoms. The van der Waals surface area contributed by atoms with Crippen LogP contribution in [0, 0.1) is 16.7 Å². The molecule has 1 heterocycles. The van der Waals surface area contributed by atoms with E-state index >= 15 is 0 Å². The lowest BCUT2D eigenvalue weighted by Gasteiger charge is -2.29. The first-order chi connectivity index (χ1) is 11.6. The van der Waals surface area contributed by atoms with Gasteiger partial charge in [0.2, 0.25) is 5.91 Å². The summed E-state index contributed by atoms with van der Waals surface area (Å²) in [6.45, 7) is 0.868. The Morgan fingerprint density at radius 2 is 1.79 bits per heavy atom. The Bertz CT molecular complexity index is 792. The Morgan fingerprint density at radius 3 is 2.46 bits per heavy atom. The molecule has 0 aromatic heterocycles. The van der Waals surface area contributed by atoms with Gasteiger partial charge < -0.3 is 10.1 Å². The standard InChI is InChI=1S/C19H17ClN2O2/c20-16-5-1-3-14(11-16)15-4-2-6-17(12-15)22-18(23)19(13-21)7-9-24-10-8-19/h1-6,11-12H,7-10H2,(H,22,23). The Kier molecular flexibility index (Phi) is 4.84. The van der Waals surface area contributed by atoms with Crippen LogP contribution in [0.4, 0.5) is 5.69 Å². The quantitative estimate of drug-likeness (QED) is 0.907. The van der Waals surface area contributed by atoms with Gasteiger partial charge in [0, 0.05) is 23.9 Å². The number of carbonyl (C=O) groups excluding carboxylic acids is 1. The number of ether oxygens (including phenoxy) is 1. The zero-order valence-corrected chi connectivity index (χ0v) is 13.8. The SMILES string of the molecule is N#CC1(C(=O)Nc2cccc(-c3cccc(Cl)c3)c2)CCOCC1. The van der Waals surface area contributed by atoms with Crippen molar-refractivity contribution in [2.24, 2.45) is 5.41 Å². The second kappa shape index (κ2) is 7.04. The van der Waals surface area contributed by atoms with Gasteiger partial charge >= 0.3 is 0 Å². The van der Waals surface area contributed by atoms with Crippen LogP contribution in [-0.4, -0.2) is 19.1 Å². The van der Waals surface area contributed by atoms with Gasteiger partial charge in [-0.15, -0.1) is 0 Å². The molecule has 0 aliphatic carbocycles. The van der Waals surface area contributed by atoms with Crippen molar-refractivity contribution in [1.29, 1.82) is 5.26 Å². The molecular weight excluding hydrogens is 324 g/mol. The lowest BCUT2D eigenvalue weighted by Crippen LogP contribution is -2.39. The van der Waals surface area contributed by atoms with Crippen molar-refractivity contribution in [2.45, 2.75) is 12.8 Å². The third-order valence-corrected chi connectivity index (χ3v) is 4.51. The number of nitriles is 1. The predicted molar refractivity (Wildman–Crippen MR) is 93.6 cm³/mol. The topological polar surface area (TPSA) is 62.1 Å². The highest BCUT2D eigenvalue weighted by Crippen LogP contribution is 2.32. The molecule has 0 unspecified atom stereocenters. The van der Waals surface area contributed by atoms with Gasteiger partial charge in [-0.05, 0) is 48.2 Å². The number of anilines is 1. The van der Waals surface area contributed by atoms with Gasteiger partial charge in [-0.2, -0.15) is 5.26 Å². The Hall–Kier alpha value is -2.35. The van der Waals surface area contributed by atoms with Crippen LogP contribution in [0.5, 0.6) is 0 Å². The Morgan fingerprint density at radius 1 is 1.12 bits per heavy atom. The summed E-state index contributed by atoms with van der Waals surface area (Å²) < 4.78 is 5.27. The van der Waals surface area contributed by atoms with Gasteiger partial charge in [0.05, 0.1) is 6.07 Å². The molecule has 1 aliphatic rings. The maximum absolute atomic E-state index is 12.6. The van der Waals surface area contributed by atoms with Gasteiger partial charge in [0.1, 0.15) is 5.41 Å². The van der Waals surface area contributed by atoms with Crippen LogP contribution in [0.2, 0.25) is 5.02 Å². The molecule has 1 amide bonds. The van der Waals surface area contributed by atoms with E-state index in [9.17, 15) is 10.1 Å². The third-order valence-electron chi connectivity index (χ3n) is 4.27. The van der Waals surface area contributed by atoms with Gasteiger partial charge in [-0.25, -0.2) is 0 Å². The number of nitrogens with zero attached hydrogens (tertiary/aromatic N) is 1. The highest BCUT2D eigenvalue weighted by molar-refractivity contribution is 6.30. The normalized spacial score (nSPS) is 16.2. The van der Waals surface area contributed by atoms with Crippen LogP contribution < -0.4 is 5.32 Å². The van der Waals surface area contributed by atoms with Gasteiger partial charge in [-0.1, -0.05) is 35.9 Å². The van der Waals surface area contributed by atoms with Crippen molar-refractivity contribution in [3.05, 3.63) is 53.6 Å². The summed E-state index contributed by atoms with van der Waals surface area (Å²) in [5.41, 5.74) is 1.58. The summed E-state index contributed by atoms with van der Waals surface area (Å²) in [6, 6.07) is 17.2. The van der Waals surface area contributed by atoms with Crippen LogP contribution in [0.25, 0.3) is 11.1 Å². The van der Waals surface area contributed by atoms with E-state index in [-0.39, 0.29) is 5.91 Å². The predicted octanol–water partition coefficient (Wildman–Crippen LogP) is 4.27. The average molecular weight is 341 g/mol. The lowest BCUT2D eigenvalue weighted by molar-refractivity contribution is -0.126. The Labute approximate surface area is 146 Å². The van der Waals surface area contributed by atoms with Crippen LogP contribution in [0.1, 0.15) is 12.8 Å². The molecule has 1 saturated heterocycles. The number of hydrogen-bond donors (Lipinski definition) is 1. The van der Waals surface area contributed by atoms with Crippen molar-refractivity contribution in [3.8, 4) is 17.2 Å². The molecule has 2 aromatic rings. The first kappa shape index (κ1) is 16.5. The largest absolute Gasteiger partial charge is 0.381 e. The molecule has 0 bridgehead atoms. The van der Waals surface area contributed by atoms with Gasteiger partial charge in [0.25, 0.3) is 0 Å². The second-order valence-corrected chi connectivity index (χ2v) is 6.29. The smallest absolute Gasteiger partial charge is 0.245 e. The van der Waals surface area contributed by atoms with E-state index in [4.69, 9.17) is 16.3 Å². The maximum atomic E-state index is 12.6. The molecule has 24 heavy (non-hydrogen) atoms. The summed E-state index contributed by atoms with van der Waals surface area (Å²) in [6.07, 6.45) is 0.840. The summed E-state index contributed by atoms with van der Waals surface area (Å²) in [5, 5.41) is 13.0. The van der Waals surface area contributed by atoms with E-state index in [1.54, 1.807) is 0 Å². The number of hydrogen-bond acceptors (Lipinski definition) is 3. The molecule has 1 aliphatic heterocycles. The van der Waals surface area contributed by atoms with E-state index in [2.05, 4.69) is 11.4 Å². The Balaban J connectivity index is 1.82. The van der Waals surface area contributed by atoms with Crippen LogP contribution in [-0.2, 0) is 9.53 Å². The zero-order chi connectivity index (χ0) is 17.0. The molecule has 1 fully saturated rings. The number of nitrogens with one attached hydrogen (secondary N) is 1. The molecule has 0 atom stereocenters. The molecule has 3 rings (SSSR count). The fraction of sp³-hybridized carbons (Fsp3) is 0.263. The number of amides is 1. The van der Waals surface area contributed by atoms with E-state index in [1.807, 2.05) is 48.5 Å². The van der Waals surface area contributed by atoms with Gasteiger partial charge in [-0.3, -0.25) is 4.79 Å². The first-order valence-corrected chi connectivity index (χ1v) is 8.17. The first-order valence-electron chi connectivity index (χ1n) is 7.79. The average Bonchev–Trinajstić information content (AvgIpc) is 2.62. The number of halogens is 1. The van der Waals surface area contributed by atoms with Crippen molar-refractivity contribution in [1.82, 2.24) is 0 Å². The van der Waals surface area contributed by atoms with E-state index in [1.165, 1.54) is 0 Å². The van der Waals surface area contributed by atoms with Crippen LogP contribution >= 0.6 is 11.6 Å². The molecule has 4 nitrogen and oxygen atoms in total.